The second-order valence-electron chi connectivity index (χ2n) is 18.7. The summed E-state index contributed by atoms with van der Waals surface area (Å²) >= 11 is 7.75. The van der Waals surface area contributed by atoms with Crippen LogP contribution in [-0.2, 0) is 28.8 Å². The molecule has 73 heavy (non-hydrogen) atoms. The van der Waals surface area contributed by atoms with Gasteiger partial charge in [0.05, 0.1) is 34.7 Å². The van der Waals surface area contributed by atoms with Crippen molar-refractivity contribution in [2.45, 2.75) is 59.5 Å². The minimum absolute atomic E-state index is 0.0192. The fourth-order valence-electron chi connectivity index (χ4n) is 9.55. The number of rotatable bonds is 17. The first-order valence-electron chi connectivity index (χ1n) is 23.7. The van der Waals surface area contributed by atoms with Crippen molar-refractivity contribution in [2.24, 2.45) is 0 Å². The first-order valence-corrected chi connectivity index (χ1v) is 30.0. The Bertz CT molecular complexity index is 3230. The fraction of sp³-hybridized carbons (Fsp3) is 0.346. The summed E-state index contributed by atoms with van der Waals surface area (Å²) in [6, 6.07) is 31.3. The molecule has 2 saturated heterocycles. The van der Waals surface area contributed by atoms with Crippen molar-refractivity contribution >= 4 is 78.6 Å². The average Bonchev–Trinajstić information content (AvgIpc) is 3.90. The van der Waals surface area contributed by atoms with Gasteiger partial charge in [0.2, 0.25) is 0 Å². The van der Waals surface area contributed by atoms with E-state index in [9.17, 15) is 34.6 Å². The number of halogens is 5. The van der Waals surface area contributed by atoms with Gasteiger partial charge in [-0.1, -0.05) is 41.9 Å². The minimum atomic E-state index is -5.92. The van der Waals surface area contributed by atoms with Gasteiger partial charge in [-0.3, -0.25) is 9.24 Å². The number of sulfone groups is 2. The SMILES string of the molecule is Cc1c(S(C)(=O)=O)c(-c2cc(F)cc(N3CCN(c4ccc(N5CCO[P@@]5(=O)c5ccc(N[C@H](CCN(C)C)CSc6ccccc6)c(S(=O)(=O)C(F)(F)F)c5)cc4)CC3)c2)c(-c2ccc(Cl)cc2)n1C(C)C. The lowest BCUT2D eigenvalue weighted by Crippen LogP contribution is -2.46. The summed E-state index contributed by atoms with van der Waals surface area (Å²) in [5, 5.41) is 3.42. The van der Waals surface area contributed by atoms with Gasteiger partial charge in [-0.25, -0.2) is 21.2 Å². The largest absolute Gasteiger partial charge is 0.501 e. The smallest absolute Gasteiger partial charge is 0.380 e. The molecule has 0 amide bonds. The number of thioether (sulfide) groups is 1. The number of alkyl halides is 3. The van der Waals surface area contributed by atoms with E-state index in [4.69, 9.17) is 16.1 Å². The lowest BCUT2D eigenvalue weighted by atomic mass is 9.99. The predicted octanol–water partition coefficient (Wildman–Crippen LogP) is 11.4. The van der Waals surface area contributed by atoms with E-state index in [0.717, 1.165) is 28.5 Å². The Morgan fingerprint density at radius 1 is 0.808 bits per heavy atom. The van der Waals surface area contributed by atoms with Crippen molar-refractivity contribution in [1.82, 2.24) is 9.47 Å². The number of hydrogen-bond donors (Lipinski definition) is 1. The van der Waals surface area contributed by atoms with Crippen molar-refractivity contribution < 1.29 is 43.5 Å². The van der Waals surface area contributed by atoms with Gasteiger partial charge in [0.1, 0.15) is 10.7 Å². The number of nitrogens with zero attached hydrogens (tertiary/aromatic N) is 5. The molecule has 12 nitrogen and oxygen atoms in total. The van der Waals surface area contributed by atoms with Crippen molar-refractivity contribution in [3.63, 3.8) is 0 Å². The topological polar surface area (TPSA) is 124 Å². The second kappa shape index (κ2) is 21.7. The fourth-order valence-corrected chi connectivity index (χ4v) is 15.2. The quantitative estimate of drug-likeness (QED) is 0.0531. The maximum Gasteiger partial charge on any atom is 0.501 e. The van der Waals surface area contributed by atoms with Crippen LogP contribution in [0.25, 0.3) is 22.4 Å². The monoisotopic (exact) mass is 1100 g/mol. The summed E-state index contributed by atoms with van der Waals surface area (Å²) < 4.78 is 137. The van der Waals surface area contributed by atoms with E-state index in [1.165, 1.54) is 40.7 Å². The van der Waals surface area contributed by atoms with Gasteiger partial charge in [0.15, 0.2) is 9.84 Å². The average molecular weight is 1100 g/mol. The number of piperazine rings is 1. The number of benzene rings is 5. The Balaban J connectivity index is 1.02. The molecule has 2 aliphatic heterocycles. The highest BCUT2D eigenvalue weighted by molar-refractivity contribution is 7.99. The van der Waals surface area contributed by atoms with E-state index in [2.05, 4.69) is 10.2 Å². The van der Waals surface area contributed by atoms with Crippen LogP contribution in [0, 0.1) is 12.7 Å². The highest BCUT2D eigenvalue weighted by Crippen LogP contribution is 2.56. The Kier molecular flexibility index (Phi) is 16.1. The van der Waals surface area contributed by atoms with E-state index >= 15 is 4.39 Å². The Labute approximate surface area is 434 Å². The van der Waals surface area contributed by atoms with E-state index < -0.39 is 49.5 Å². The third-order valence-electron chi connectivity index (χ3n) is 13.0. The predicted molar refractivity (Wildman–Crippen MR) is 287 cm³/mol. The number of aromatic nitrogens is 1. The van der Waals surface area contributed by atoms with Crippen molar-refractivity contribution in [1.29, 1.82) is 0 Å². The summed E-state index contributed by atoms with van der Waals surface area (Å²) in [7, 11) is -10.1. The molecular weight excluding hydrogens is 1040 g/mol. The van der Waals surface area contributed by atoms with E-state index in [1.807, 2.05) is 103 Å². The lowest BCUT2D eigenvalue weighted by Gasteiger charge is -2.37. The van der Waals surface area contributed by atoms with Gasteiger partial charge in [-0.05, 0) is 144 Å². The first-order chi connectivity index (χ1) is 34.5. The summed E-state index contributed by atoms with van der Waals surface area (Å²) in [6.45, 7) is 8.43. The molecule has 0 radical (unpaired) electrons. The Morgan fingerprint density at radius 3 is 2.04 bits per heavy atom. The molecule has 2 aliphatic rings. The minimum Gasteiger partial charge on any atom is -0.380 e. The molecule has 2 fully saturated rings. The highest BCUT2D eigenvalue weighted by Gasteiger charge is 2.49. The molecule has 3 heterocycles. The summed E-state index contributed by atoms with van der Waals surface area (Å²) in [5.41, 5.74) is -1.24. The van der Waals surface area contributed by atoms with Gasteiger partial charge in [-0.2, -0.15) is 13.2 Å². The van der Waals surface area contributed by atoms with Gasteiger partial charge >= 0.3 is 13.0 Å². The molecule has 0 aliphatic carbocycles. The molecular formula is C52H58ClF4N6O6PS3. The van der Waals surface area contributed by atoms with E-state index in [0.29, 0.717) is 83.8 Å². The molecule has 0 bridgehead atoms. The number of nitrogens with one attached hydrogen (secondary N) is 1. The third kappa shape index (κ3) is 11.6. The van der Waals surface area contributed by atoms with Crippen LogP contribution in [0.15, 0.2) is 130 Å². The molecule has 0 unspecified atom stereocenters. The second-order valence-corrected chi connectivity index (χ2v) is 26.4. The van der Waals surface area contributed by atoms with E-state index in [-0.39, 0.29) is 35.1 Å². The zero-order valence-corrected chi connectivity index (χ0v) is 45.3. The molecule has 390 valence electrons. The molecule has 1 N–H and O–H groups in total. The van der Waals surface area contributed by atoms with Crippen molar-refractivity contribution in [3.05, 3.63) is 132 Å². The summed E-state index contributed by atoms with van der Waals surface area (Å²) in [4.78, 5) is 6.16. The van der Waals surface area contributed by atoms with Crippen LogP contribution in [0.1, 0.15) is 32.0 Å². The van der Waals surface area contributed by atoms with Crippen molar-refractivity contribution in [3.8, 4) is 22.4 Å². The van der Waals surface area contributed by atoms with Crippen LogP contribution in [0.3, 0.4) is 0 Å². The van der Waals surface area contributed by atoms with Crippen LogP contribution in [0.2, 0.25) is 5.02 Å². The highest BCUT2D eigenvalue weighted by atomic mass is 35.5. The molecule has 6 aromatic rings. The third-order valence-corrected chi connectivity index (χ3v) is 19.7. The van der Waals surface area contributed by atoms with Crippen molar-refractivity contribution in [2.75, 3.05) is 91.8 Å². The maximum atomic E-state index is 15.8. The molecule has 8 rings (SSSR count). The number of anilines is 4. The molecule has 0 saturated carbocycles. The maximum absolute atomic E-state index is 15.8. The summed E-state index contributed by atoms with van der Waals surface area (Å²) in [6.07, 6.45) is 1.66. The van der Waals surface area contributed by atoms with Crippen LogP contribution >= 0.6 is 30.9 Å². The Morgan fingerprint density at radius 2 is 1.44 bits per heavy atom. The van der Waals surface area contributed by atoms with Gasteiger partial charge < -0.3 is 29.1 Å². The van der Waals surface area contributed by atoms with Gasteiger partial charge in [0.25, 0.3) is 9.84 Å². The molecule has 1 aromatic heterocycles. The summed E-state index contributed by atoms with van der Waals surface area (Å²) in [5.74, 6) is -0.0920. The zero-order chi connectivity index (χ0) is 52.6. The van der Waals surface area contributed by atoms with Crippen LogP contribution in [-0.4, -0.2) is 110 Å². The molecule has 21 heteroatoms. The Hall–Kier alpha value is -5.01. The normalized spacial score (nSPS) is 17.2. The van der Waals surface area contributed by atoms with Gasteiger partial charge in [-0.15, -0.1) is 11.8 Å². The molecule has 5 aromatic carbocycles. The zero-order valence-electron chi connectivity index (χ0n) is 41.2. The van der Waals surface area contributed by atoms with Gasteiger partial charge in [0, 0.05) is 88.5 Å². The van der Waals surface area contributed by atoms with E-state index in [1.54, 1.807) is 31.2 Å². The standard InChI is InChI=1S/C52H58ClF4N6O6PS3/c1-35(2)63-36(3)51(72(6,65)66)49(50(63)37-12-14-39(53)15-13-37)38-30-40(54)32-44(31-38)61-26-24-60(25-27-61)42-16-18-43(19-17-42)62-28-29-69-70(62,64)45-20-21-47(48(33-45)73(67,68)52(55,56)57)58-41(22-23-59(4)5)34-71-46-10-8-7-9-11-46/h7-21,30-33,35,41,58H,22-29,34H2,1-6H3/t41-,70+/m1/s1. The van der Waals surface area contributed by atoms with Crippen LogP contribution in [0.4, 0.5) is 40.3 Å². The molecule has 0 spiro atoms. The molecule has 2 atom stereocenters. The number of hydrogen-bond acceptors (Lipinski definition) is 11. The lowest BCUT2D eigenvalue weighted by molar-refractivity contribution is -0.0435. The first kappa shape index (κ1) is 54.3. The van der Waals surface area contributed by atoms with Crippen LogP contribution < -0.4 is 25.1 Å². The van der Waals surface area contributed by atoms with Crippen LogP contribution in [0.5, 0.6) is 0 Å².